The molecule has 1 aromatic carbocycles. The fourth-order valence-electron chi connectivity index (χ4n) is 1.77. The van der Waals surface area contributed by atoms with E-state index in [0.717, 1.165) is 11.8 Å². The summed E-state index contributed by atoms with van der Waals surface area (Å²) in [5.41, 5.74) is 7.53. The van der Waals surface area contributed by atoms with Gasteiger partial charge in [-0.1, -0.05) is 44.2 Å². The third-order valence-corrected chi connectivity index (χ3v) is 3.16. The molecular formula is C14H16. The molecule has 0 aliphatic heterocycles. The fraction of sp³-hybridized carbons (Fsp3) is 0.357. The molecule has 1 aliphatic rings. The Morgan fingerprint density at radius 1 is 1.07 bits per heavy atom. The molecule has 1 saturated carbocycles. The van der Waals surface area contributed by atoms with E-state index in [9.17, 15) is 0 Å². The van der Waals surface area contributed by atoms with Crippen molar-refractivity contribution in [1.82, 2.24) is 0 Å². The molecule has 0 saturated heterocycles. The van der Waals surface area contributed by atoms with Gasteiger partial charge in [0.2, 0.25) is 0 Å². The summed E-state index contributed by atoms with van der Waals surface area (Å²) in [5.74, 6) is 1.49. The molecule has 14 heavy (non-hydrogen) atoms. The van der Waals surface area contributed by atoms with Gasteiger partial charge < -0.3 is 0 Å². The highest BCUT2D eigenvalue weighted by Gasteiger charge is 2.35. The van der Waals surface area contributed by atoms with E-state index in [1.807, 2.05) is 6.07 Å². The van der Waals surface area contributed by atoms with Gasteiger partial charge in [0.05, 0.1) is 0 Å². The van der Waals surface area contributed by atoms with Crippen LogP contribution in [0.4, 0.5) is 0 Å². The molecule has 1 fully saturated rings. The Morgan fingerprint density at radius 2 is 1.64 bits per heavy atom. The van der Waals surface area contributed by atoms with Crippen molar-refractivity contribution in [2.24, 2.45) is 11.8 Å². The molecule has 0 radical (unpaired) electrons. The summed E-state index contributed by atoms with van der Waals surface area (Å²) in [5, 5.41) is 0. The van der Waals surface area contributed by atoms with Gasteiger partial charge in [0, 0.05) is 0 Å². The standard InChI is InChI=1S/C14H16/c1-10(9-14-11(2)12(14)3)13-7-5-4-6-8-13/h4-8,11-12H,1-3H3/t11-,12-/m1/s1. The van der Waals surface area contributed by atoms with Crippen LogP contribution in [0.25, 0.3) is 5.57 Å². The van der Waals surface area contributed by atoms with Gasteiger partial charge in [-0.3, -0.25) is 0 Å². The molecule has 0 unspecified atom stereocenters. The molecule has 0 bridgehead atoms. The van der Waals surface area contributed by atoms with E-state index in [4.69, 9.17) is 0 Å². The molecule has 2 atom stereocenters. The summed E-state index contributed by atoms with van der Waals surface area (Å²) in [7, 11) is 0. The summed E-state index contributed by atoms with van der Waals surface area (Å²) in [6.07, 6.45) is 0. The summed E-state index contributed by atoms with van der Waals surface area (Å²) in [4.78, 5) is 0. The van der Waals surface area contributed by atoms with Crippen LogP contribution in [0.2, 0.25) is 0 Å². The minimum Gasteiger partial charge on any atom is -0.117 e. The number of allylic oxidation sites excluding steroid dienone is 1. The van der Waals surface area contributed by atoms with Crippen LogP contribution in [-0.4, -0.2) is 0 Å². The third-order valence-electron chi connectivity index (χ3n) is 3.16. The number of hydrogen-bond donors (Lipinski definition) is 0. The zero-order chi connectivity index (χ0) is 10.1. The van der Waals surface area contributed by atoms with Crippen molar-refractivity contribution in [2.75, 3.05) is 0 Å². The summed E-state index contributed by atoms with van der Waals surface area (Å²) in [6.45, 7) is 6.68. The average Bonchev–Trinajstić information content (AvgIpc) is 2.77. The first-order valence-electron chi connectivity index (χ1n) is 5.23. The minimum atomic E-state index is 0.744. The van der Waals surface area contributed by atoms with Crippen molar-refractivity contribution in [3.63, 3.8) is 0 Å². The molecule has 0 aromatic heterocycles. The average molecular weight is 184 g/mol. The highest BCUT2D eigenvalue weighted by molar-refractivity contribution is 5.64. The van der Waals surface area contributed by atoms with E-state index in [1.165, 1.54) is 16.7 Å². The molecule has 72 valence electrons. The van der Waals surface area contributed by atoms with Crippen LogP contribution >= 0.6 is 0 Å². The van der Waals surface area contributed by atoms with Gasteiger partial charge in [-0.15, -0.1) is 5.73 Å². The molecule has 1 aliphatic carbocycles. The Morgan fingerprint density at radius 3 is 2.14 bits per heavy atom. The second-order valence-electron chi connectivity index (χ2n) is 4.15. The predicted octanol–water partition coefficient (Wildman–Crippen LogP) is 3.90. The predicted molar refractivity (Wildman–Crippen MR) is 60.9 cm³/mol. The zero-order valence-electron chi connectivity index (χ0n) is 9.04. The van der Waals surface area contributed by atoms with E-state index < -0.39 is 0 Å². The lowest BCUT2D eigenvalue weighted by molar-refractivity contribution is 0.834. The van der Waals surface area contributed by atoms with Crippen LogP contribution in [-0.2, 0) is 0 Å². The van der Waals surface area contributed by atoms with Crippen molar-refractivity contribution in [2.45, 2.75) is 20.8 Å². The van der Waals surface area contributed by atoms with Crippen LogP contribution in [0.1, 0.15) is 26.3 Å². The second kappa shape index (κ2) is 3.48. The maximum Gasteiger partial charge on any atom is -0.00193 e. The molecule has 0 heteroatoms. The third kappa shape index (κ3) is 1.66. The van der Waals surface area contributed by atoms with Crippen LogP contribution in [0.3, 0.4) is 0 Å². The van der Waals surface area contributed by atoms with Gasteiger partial charge in [-0.25, -0.2) is 0 Å². The fourth-order valence-corrected chi connectivity index (χ4v) is 1.77. The number of benzene rings is 1. The molecule has 0 N–H and O–H groups in total. The lowest BCUT2D eigenvalue weighted by atomic mass is 10.1. The van der Waals surface area contributed by atoms with E-state index in [0.29, 0.717) is 0 Å². The summed E-state index contributed by atoms with van der Waals surface area (Å²) in [6, 6.07) is 10.5. The van der Waals surface area contributed by atoms with Gasteiger partial charge in [0.1, 0.15) is 0 Å². The molecule has 0 nitrogen and oxygen atoms in total. The quantitative estimate of drug-likeness (QED) is 0.581. The Bertz CT molecular complexity index is 381. The van der Waals surface area contributed by atoms with Crippen molar-refractivity contribution in [3.05, 3.63) is 47.2 Å². The van der Waals surface area contributed by atoms with Crippen molar-refractivity contribution in [3.8, 4) is 0 Å². The first-order valence-corrected chi connectivity index (χ1v) is 5.23. The van der Waals surface area contributed by atoms with Crippen molar-refractivity contribution < 1.29 is 0 Å². The zero-order valence-corrected chi connectivity index (χ0v) is 9.04. The topological polar surface area (TPSA) is 0 Å². The monoisotopic (exact) mass is 184 g/mol. The van der Waals surface area contributed by atoms with Crippen LogP contribution < -0.4 is 0 Å². The van der Waals surface area contributed by atoms with Gasteiger partial charge >= 0.3 is 0 Å². The largest absolute Gasteiger partial charge is 0.117 e. The highest BCUT2D eigenvalue weighted by atomic mass is 14.4. The van der Waals surface area contributed by atoms with E-state index >= 15 is 0 Å². The first kappa shape index (κ1) is 9.30. The molecule has 2 rings (SSSR count). The smallest absolute Gasteiger partial charge is 0.00193 e. The summed E-state index contributed by atoms with van der Waals surface area (Å²) >= 11 is 0. The minimum absolute atomic E-state index is 0.744. The molecule has 0 amide bonds. The van der Waals surface area contributed by atoms with E-state index in [-0.39, 0.29) is 0 Å². The Kier molecular flexibility index (Phi) is 2.31. The molecule has 0 heterocycles. The first-order chi connectivity index (χ1) is 6.70. The van der Waals surface area contributed by atoms with Crippen molar-refractivity contribution >= 4 is 5.57 Å². The van der Waals surface area contributed by atoms with E-state index in [2.05, 4.69) is 50.8 Å². The SMILES string of the molecule is CC(=C=C1[C@H](C)[C@H]1C)c1ccccc1. The Hall–Kier alpha value is -1.26. The van der Waals surface area contributed by atoms with Crippen molar-refractivity contribution in [1.29, 1.82) is 0 Å². The Labute approximate surface area is 86.0 Å². The molecular weight excluding hydrogens is 168 g/mol. The van der Waals surface area contributed by atoms with Gasteiger partial charge in [0.15, 0.2) is 0 Å². The second-order valence-corrected chi connectivity index (χ2v) is 4.15. The van der Waals surface area contributed by atoms with Crippen LogP contribution in [0.15, 0.2) is 41.6 Å². The lowest BCUT2D eigenvalue weighted by Gasteiger charge is -1.95. The summed E-state index contributed by atoms with van der Waals surface area (Å²) < 4.78 is 0. The van der Waals surface area contributed by atoms with E-state index in [1.54, 1.807) is 0 Å². The number of rotatable bonds is 1. The van der Waals surface area contributed by atoms with Crippen LogP contribution in [0.5, 0.6) is 0 Å². The highest BCUT2D eigenvalue weighted by Crippen LogP contribution is 2.44. The normalized spacial score (nSPS) is 24.4. The lowest BCUT2D eigenvalue weighted by Crippen LogP contribution is -1.74. The number of hydrogen-bond acceptors (Lipinski definition) is 0. The maximum absolute atomic E-state index is 3.50. The van der Waals surface area contributed by atoms with Gasteiger partial charge in [-0.05, 0) is 35.5 Å². The Balaban J connectivity index is 2.34. The van der Waals surface area contributed by atoms with Gasteiger partial charge in [-0.2, -0.15) is 0 Å². The molecule has 0 spiro atoms. The van der Waals surface area contributed by atoms with Gasteiger partial charge in [0.25, 0.3) is 0 Å². The van der Waals surface area contributed by atoms with Crippen LogP contribution in [0, 0.1) is 11.8 Å². The maximum atomic E-state index is 3.50. The molecule has 1 aromatic rings.